The molecule has 0 saturated heterocycles. The van der Waals surface area contributed by atoms with E-state index in [0.717, 1.165) is 42.0 Å². The molecule has 3 nitrogen and oxygen atoms in total. The van der Waals surface area contributed by atoms with Gasteiger partial charge in [-0.3, -0.25) is 0 Å². The number of anilines is 2. The second-order valence-electron chi connectivity index (χ2n) is 3.72. The summed E-state index contributed by atoms with van der Waals surface area (Å²) in [6.45, 7) is 0.861. The fourth-order valence-electron chi connectivity index (χ4n) is 1.90. The largest absolute Gasteiger partial charge is 0.383 e. The highest BCUT2D eigenvalue weighted by Crippen LogP contribution is 2.32. The van der Waals surface area contributed by atoms with Crippen LogP contribution in [-0.2, 0) is 6.42 Å². The Balaban J connectivity index is 2.20. The second kappa shape index (κ2) is 4.50. The summed E-state index contributed by atoms with van der Waals surface area (Å²) in [6, 6.07) is 1.96. The van der Waals surface area contributed by atoms with Gasteiger partial charge in [0, 0.05) is 31.1 Å². The third-order valence-corrected chi connectivity index (χ3v) is 3.05. The minimum atomic E-state index is 0.583. The van der Waals surface area contributed by atoms with Crippen LogP contribution in [-0.4, -0.2) is 16.5 Å². The van der Waals surface area contributed by atoms with Gasteiger partial charge in [-0.05, 0) is 12.5 Å². The van der Waals surface area contributed by atoms with E-state index < -0.39 is 0 Å². The standard InChI is InChI=1S/C12H13N3S/c1-2-3-4-7-15-10-5-6-14-12(13)9(10)8-11(15)16/h1,5-6H,3-4,7-8H2,(H2,13,14). The van der Waals surface area contributed by atoms with Crippen molar-refractivity contribution < 1.29 is 0 Å². The third kappa shape index (κ3) is 1.86. The van der Waals surface area contributed by atoms with Crippen molar-refractivity contribution in [1.82, 2.24) is 4.98 Å². The van der Waals surface area contributed by atoms with Crippen molar-refractivity contribution in [3.8, 4) is 12.3 Å². The van der Waals surface area contributed by atoms with Crippen molar-refractivity contribution in [2.75, 3.05) is 17.2 Å². The van der Waals surface area contributed by atoms with Crippen molar-refractivity contribution in [2.24, 2.45) is 0 Å². The SMILES string of the molecule is C#CCCCN1C(=S)Cc2c1ccnc2N. The number of nitrogens with zero attached hydrogens (tertiary/aromatic N) is 2. The van der Waals surface area contributed by atoms with E-state index in [1.54, 1.807) is 6.20 Å². The minimum absolute atomic E-state index is 0.583. The summed E-state index contributed by atoms with van der Waals surface area (Å²) in [7, 11) is 0. The summed E-state index contributed by atoms with van der Waals surface area (Å²) in [5.41, 5.74) is 7.96. The molecule has 2 heterocycles. The summed E-state index contributed by atoms with van der Waals surface area (Å²) in [5, 5.41) is 0. The second-order valence-corrected chi connectivity index (χ2v) is 4.19. The number of rotatable bonds is 3. The minimum Gasteiger partial charge on any atom is -0.383 e. The zero-order valence-electron chi connectivity index (χ0n) is 8.94. The van der Waals surface area contributed by atoms with Crippen LogP contribution >= 0.6 is 12.2 Å². The number of hydrogen-bond donors (Lipinski definition) is 1. The molecule has 0 aromatic carbocycles. The Bertz CT molecular complexity index is 462. The highest BCUT2D eigenvalue weighted by Gasteiger charge is 2.25. The topological polar surface area (TPSA) is 42.2 Å². The van der Waals surface area contributed by atoms with Crippen LogP contribution in [0.3, 0.4) is 0 Å². The van der Waals surface area contributed by atoms with Crippen molar-refractivity contribution in [3.05, 3.63) is 17.8 Å². The predicted molar refractivity (Wildman–Crippen MR) is 70.4 cm³/mol. The van der Waals surface area contributed by atoms with Crippen LogP contribution in [0.15, 0.2) is 12.3 Å². The quantitative estimate of drug-likeness (QED) is 0.489. The fourth-order valence-corrected chi connectivity index (χ4v) is 2.23. The molecule has 1 aliphatic heterocycles. The van der Waals surface area contributed by atoms with E-state index in [2.05, 4.69) is 15.8 Å². The van der Waals surface area contributed by atoms with Crippen LogP contribution in [0, 0.1) is 12.3 Å². The first-order chi connectivity index (χ1) is 7.74. The van der Waals surface area contributed by atoms with E-state index in [4.69, 9.17) is 24.4 Å². The molecule has 2 N–H and O–H groups in total. The zero-order chi connectivity index (χ0) is 11.5. The molecule has 4 heteroatoms. The Morgan fingerprint density at radius 3 is 3.19 bits per heavy atom. The lowest BCUT2D eigenvalue weighted by atomic mass is 10.2. The first kappa shape index (κ1) is 10.9. The smallest absolute Gasteiger partial charge is 0.129 e. The first-order valence-corrected chi connectivity index (χ1v) is 5.62. The van der Waals surface area contributed by atoms with Gasteiger partial charge < -0.3 is 10.6 Å². The molecule has 16 heavy (non-hydrogen) atoms. The molecule has 0 spiro atoms. The maximum Gasteiger partial charge on any atom is 0.129 e. The molecule has 0 fully saturated rings. The molecule has 1 aliphatic rings. The van der Waals surface area contributed by atoms with Gasteiger partial charge in [0.15, 0.2) is 0 Å². The maximum atomic E-state index is 5.82. The van der Waals surface area contributed by atoms with E-state index in [-0.39, 0.29) is 0 Å². The number of aromatic nitrogens is 1. The Kier molecular flexibility index (Phi) is 3.07. The molecule has 0 saturated carbocycles. The van der Waals surface area contributed by atoms with Gasteiger partial charge in [-0.25, -0.2) is 4.98 Å². The van der Waals surface area contributed by atoms with Gasteiger partial charge in [-0.15, -0.1) is 12.3 Å². The van der Waals surface area contributed by atoms with Gasteiger partial charge in [0.05, 0.1) is 10.7 Å². The van der Waals surface area contributed by atoms with Gasteiger partial charge >= 0.3 is 0 Å². The molecule has 82 valence electrons. The van der Waals surface area contributed by atoms with Crippen molar-refractivity contribution in [3.63, 3.8) is 0 Å². The fraction of sp³-hybridized carbons (Fsp3) is 0.333. The lowest BCUT2D eigenvalue weighted by Gasteiger charge is -2.18. The van der Waals surface area contributed by atoms with Crippen LogP contribution in [0.25, 0.3) is 0 Å². The van der Waals surface area contributed by atoms with E-state index >= 15 is 0 Å². The normalized spacial score (nSPS) is 13.7. The van der Waals surface area contributed by atoms with Crippen molar-refractivity contribution in [1.29, 1.82) is 0 Å². The number of nitrogens with two attached hydrogens (primary N) is 1. The molecule has 0 amide bonds. The van der Waals surface area contributed by atoms with Gasteiger partial charge in [0.25, 0.3) is 0 Å². The molecular formula is C12H13N3S. The Morgan fingerprint density at radius 1 is 1.62 bits per heavy atom. The number of pyridine rings is 1. The molecule has 0 aliphatic carbocycles. The molecule has 0 radical (unpaired) electrons. The van der Waals surface area contributed by atoms with Gasteiger partial charge in [-0.1, -0.05) is 12.2 Å². The summed E-state index contributed by atoms with van der Waals surface area (Å²) < 4.78 is 0. The lowest BCUT2D eigenvalue weighted by Crippen LogP contribution is -2.26. The number of hydrogen-bond acceptors (Lipinski definition) is 3. The number of thiocarbonyl (C=S) groups is 1. The zero-order valence-corrected chi connectivity index (χ0v) is 9.76. The molecule has 1 aromatic heterocycles. The van der Waals surface area contributed by atoms with Crippen LogP contribution in [0.4, 0.5) is 11.5 Å². The van der Waals surface area contributed by atoms with E-state index in [9.17, 15) is 0 Å². The van der Waals surface area contributed by atoms with E-state index in [0.29, 0.717) is 5.82 Å². The summed E-state index contributed by atoms with van der Waals surface area (Å²) in [5.74, 6) is 3.22. The molecule has 2 rings (SSSR count). The van der Waals surface area contributed by atoms with Crippen LogP contribution in [0.5, 0.6) is 0 Å². The van der Waals surface area contributed by atoms with Gasteiger partial charge in [-0.2, -0.15) is 0 Å². The maximum absolute atomic E-state index is 5.82. The number of nitrogen functional groups attached to an aromatic ring is 1. The molecule has 1 aromatic rings. The van der Waals surface area contributed by atoms with Crippen LogP contribution in [0.1, 0.15) is 18.4 Å². The number of unbranched alkanes of at least 4 members (excludes halogenated alkanes) is 1. The molecular weight excluding hydrogens is 218 g/mol. The Morgan fingerprint density at radius 2 is 2.44 bits per heavy atom. The lowest BCUT2D eigenvalue weighted by molar-refractivity contribution is 0.858. The summed E-state index contributed by atoms with van der Waals surface area (Å²) in [4.78, 5) is 7.10. The van der Waals surface area contributed by atoms with Crippen LogP contribution < -0.4 is 10.6 Å². The van der Waals surface area contributed by atoms with Crippen molar-refractivity contribution >= 4 is 28.7 Å². The highest BCUT2D eigenvalue weighted by molar-refractivity contribution is 7.80. The van der Waals surface area contributed by atoms with Crippen LogP contribution in [0.2, 0.25) is 0 Å². The Labute approximate surface area is 101 Å². The van der Waals surface area contributed by atoms with E-state index in [1.165, 1.54) is 0 Å². The van der Waals surface area contributed by atoms with Gasteiger partial charge in [0.2, 0.25) is 0 Å². The van der Waals surface area contributed by atoms with Crippen molar-refractivity contribution in [2.45, 2.75) is 19.3 Å². The summed E-state index contributed by atoms with van der Waals surface area (Å²) in [6.07, 6.45) is 9.39. The Hall–Kier alpha value is -1.60. The molecule has 0 bridgehead atoms. The van der Waals surface area contributed by atoms with E-state index in [1.807, 2.05) is 6.07 Å². The molecule has 0 atom stereocenters. The number of fused-ring (bicyclic) bond motifs is 1. The number of terminal acetylenes is 1. The predicted octanol–water partition coefficient (Wildman–Crippen LogP) is 1.77. The average Bonchev–Trinajstić information content (AvgIpc) is 2.58. The highest BCUT2D eigenvalue weighted by atomic mass is 32.1. The van der Waals surface area contributed by atoms with Gasteiger partial charge in [0.1, 0.15) is 5.82 Å². The monoisotopic (exact) mass is 231 g/mol. The third-order valence-electron chi connectivity index (χ3n) is 2.69. The summed E-state index contributed by atoms with van der Waals surface area (Å²) >= 11 is 5.35. The molecule has 0 unspecified atom stereocenters. The first-order valence-electron chi connectivity index (χ1n) is 5.21. The average molecular weight is 231 g/mol.